The highest BCUT2D eigenvalue weighted by atomic mass is 16.1. The second kappa shape index (κ2) is 1.80. The topological polar surface area (TPSA) is 69.1 Å². The van der Waals surface area contributed by atoms with Gasteiger partial charge in [0, 0.05) is 23.9 Å². The van der Waals surface area contributed by atoms with Crippen LogP contribution in [-0.2, 0) is 4.79 Å². The van der Waals surface area contributed by atoms with Crippen LogP contribution >= 0.6 is 0 Å². The monoisotopic (exact) mass is 140 g/mol. The fourth-order valence-electron chi connectivity index (χ4n) is 2.19. The molecule has 0 aromatic carbocycles. The van der Waals surface area contributed by atoms with Crippen LogP contribution in [0.25, 0.3) is 0 Å². The number of hydrogen-bond acceptors (Lipinski definition) is 3. The Bertz CT molecular complexity index is 162. The lowest BCUT2D eigenvalue weighted by molar-refractivity contribution is -0.121. The van der Waals surface area contributed by atoms with Crippen molar-refractivity contribution < 1.29 is 4.79 Å². The Labute approximate surface area is 59.8 Å². The molecule has 0 heterocycles. The van der Waals surface area contributed by atoms with Gasteiger partial charge in [-0.15, -0.1) is 0 Å². The molecular weight excluding hydrogens is 128 g/mol. The summed E-state index contributed by atoms with van der Waals surface area (Å²) in [5, 5.41) is 0. The van der Waals surface area contributed by atoms with Crippen molar-refractivity contribution in [1.29, 1.82) is 0 Å². The number of carbonyl (C=O) groups is 1. The zero-order valence-electron chi connectivity index (χ0n) is 5.79. The highest BCUT2D eigenvalue weighted by Gasteiger charge is 2.49. The van der Waals surface area contributed by atoms with Gasteiger partial charge in [-0.2, -0.15) is 0 Å². The average Bonchev–Trinajstić information content (AvgIpc) is 2.26. The smallest absolute Gasteiger partial charge is 0.142 e. The van der Waals surface area contributed by atoms with E-state index in [-0.39, 0.29) is 23.9 Å². The Hall–Kier alpha value is -0.410. The molecule has 10 heavy (non-hydrogen) atoms. The number of fused-ring (bicyclic) bond motifs is 2. The summed E-state index contributed by atoms with van der Waals surface area (Å²) >= 11 is 0. The molecule has 0 amide bonds. The number of ketones is 1. The third-order valence-electron chi connectivity index (χ3n) is 2.82. The van der Waals surface area contributed by atoms with E-state index in [0.717, 1.165) is 12.8 Å². The van der Waals surface area contributed by atoms with Gasteiger partial charge in [-0.05, 0) is 12.8 Å². The summed E-state index contributed by atoms with van der Waals surface area (Å²) in [5.74, 6) is 0.514. The molecule has 4 atom stereocenters. The average molecular weight is 140 g/mol. The molecule has 56 valence electrons. The van der Waals surface area contributed by atoms with E-state index in [4.69, 9.17) is 11.5 Å². The largest absolute Gasteiger partial charge is 0.327 e. The molecule has 4 unspecified atom stereocenters. The van der Waals surface area contributed by atoms with Gasteiger partial charge in [0.15, 0.2) is 0 Å². The normalized spacial score (nSPS) is 52.4. The number of nitrogens with two attached hydrogens (primary N) is 2. The molecule has 2 saturated carbocycles. The number of carbonyl (C=O) groups excluding carboxylic acids is 1. The minimum atomic E-state index is 0.0972. The van der Waals surface area contributed by atoms with Crippen LogP contribution in [0.3, 0.4) is 0 Å². The molecule has 2 aliphatic carbocycles. The van der Waals surface area contributed by atoms with Crippen LogP contribution in [0.5, 0.6) is 0 Å². The highest BCUT2D eigenvalue weighted by Crippen LogP contribution is 2.39. The lowest BCUT2D eigenvalue weighted by Crippen LogP contribution is -2.35. The third-order valence-corrected chi connectivity index (χ3v) is 2.82. The molecule has 0 aromatic heterocycles. The van der Waals surface area contributed by atoms with Crippen LogP contribution in [0.1, 0.15) is 12.8 Å². The highest BCUT2D eigenvalue weighted by molar-refractivity contribution is 5.89. The minimum Gasteiger partial charge on any atom is -0.327 e. The van der Waals surface area contributed by atoms with Crippen LogP contribution in [0, 0.1) is 11.8 Å². The van der Waals surface area contributed by atoms with Crippen LogP contribution in [0.4, 0.5) is 0 Å². The van der Waals surface area contributed by atoms with Gasteiger partial charge >= 0.3 is 0 Å². The molecule has 0 spiro atoms. The Balaban J connectivity index is 2.25. The van der Waals surface area contributed by atoms with Gasteiger partial charge in [-0.1, -0.05) is 0 Å². The summed E-state index contributed by atoms with van der Waals surface area (Å²) in [7, 11) is 0. The van der Waals surface area contributed by atoms with Gasteiger partial charge in [0.05, 0.1) is 0 Å². The van der Waals surface area contributed by atoms with Gasteiger partial charge in [0.1, 0.15) is 5.78 Å². The summed E-state index contributed by atoms with van der Waals surface area (Å²) in [6, 6.07) is 0.217. The summed E-state index contributed by atoms with van der Waals surface area (Å²) in [6.45, 7) is 0. The minimum absolute atomic E-state index is 0.0972. The zero-order valence-corrected chi connectivity index (χ0v) is 5.79. The van der Waals surface area contributed by atoms with Crippen molar-refractivity contribution in [2.45, 2.75) is 24.9 Å². The molecule has 2 fully saturated rings. The first-order valence-corrected chi connectivity index (χ1v) is 3.75. The maximum absolute atomic E-state index is 11.2. The molecule has 2 aliphatic rings. The Kier molecular flexibility index (Phi) is 1.13. The van der Waals surface area contributed by atoms with E-state index in [1.54, 1.807) is 0 Å². The predicted octanol–water partition coefficient (Wildman–Crippen LogP) is -0.750. The first-order valence-electron chi connectivity index (χ1n) is 3.75. The van der Waals surface area contributed by atoms with Gasteiger partial charge in [-0.3, -0.25) is 4.79 Å². The second-order valence-corrected chi connectivity index (χ2v) is 3.41. The molecule has 0 aliphatic heterocycles. The number of hydrogen-bond donors (Lipinski definition) is 2. The first-order chi connectivity index (χ1) is 4.70. The maximum Gasteiger partial charge on any atom is 0.142 e. The molecule has 2 rings (SSSR count). The molecular formula is C7H12N2O. The molecule has 0 saturated heterocycles. The van der Waals surface area contributed by atoms with E-state index in [9.17, 15) is 4.79 Å². The van der Waals surface area contributed by atoms with Gasteiger partial charge in [0.25, 0.3) is 0 Å². The number of Topliss-reactive ketones (excluding diaryl/α,β-unsaturated/α-hetero) is 1. The summed E-state index contributed by atoms with van der Waals surface area (Å²) in [4.78, 5) is 11.2. The van der Waals surface area contributed by atoms with E-state index >= 15 is 0 Å². The lowest BCUT2D eigenvalue weighted by atomic mass is 9.93. The van der Waals surface area contributed by atoms with Crippen molar-refractivity contribution in [3.63, 3.8) is 0 Å². The van der Waals surface area contributed by atoms with E-state index in [1.165, 1.54) is 0 Å². The van der Waals surface area contributed by atoms with E-state index in [0.29, 0.717) is 5.78 Å². The van der Waals surface area contributed by atoms with Crippen molar-refractivity contribution in [3.05, 3.63) is 0 Å². The first kappa shape index (κ1) is 6.31. The van der Waals surface area contributed by atoms with Crippen LogP contribution in [0.15, 0.2) is 0 Å². The van der Waals surface area contributed by atoms with Crippen LogP contribution in [0.2, 0.25) is 0 Å². The molecule has 0 aromatic rings. The fourth-order valence-corrected chi connectivity index (χ4v) is 2.19. The quantitative estimate of drug-likeness (QED) is 0.465. The zero-order chi connectivity index (χ0) is 7.30. The van der Waals surface area contributed by atoms with Gasteiger partial charge in [0.2, 0.25) is 0 Å². The molecule has 4 N–H and O–H groups in total. The molecule has 3 nitrogen and oxygen atoms in total. The molecule has 2 bridgehead atoms. The Morgan fingerprint density at radius 1 is 1.10 bits per heavy atom. The maximum atomic E-state index is 11.2. The van der Waals surface area contributed by atoms with Crippen molar-refractivity contribution in [3.8, 4) is 0 Å². The standard InChI is InChI=1S/C7H12N2O/c8-5-1-3-6(9)2-4(5)7(3)10/h3-6H,1-2,8-9H2. The van der Waals surface area contributed by atoms with Crippen molar-refractivity contribution in [1.82, 2.24) is 0 Å². The summed E-state index contributed by atoms with van der Waals surface area (Å²) < 4.78 is 0. The third kappa shape index (κ3) is 0.592. The molecule has 0 radical (unpaired) electrons. The van der Waals surface area contributed by atoms with Gasteiger partial charge in [-0.25, -0.2) is 0 Å². The lowest BCUT2D eigenvalue weighted by Gasteiger charge is -2.19. The van der Waals surface area contributed by atoms with Gasteiger partial charge < -0.3 is 11.5 Å². The molecule has 3 heteroatoms. The van der Waals surface area contributed by atoms with Crippen molar-refractivity contribution in [2.75, 3.05) is 0 Å². The van der Waals surface area contributed by atoms with E-state index in [1.807, 2.05) is 0 Å². The Morgan fingerprint density at radius 2 is 1.50 bits per heavy atom. The van der Waals surface area contributed by atoms with E-state index in [2.05, 4.69) is 0 Å². The SMILES string of the molecule is NC1CC2C(=O)C1CC2N. The Morgan fingerprint density at radius 3 is 1.70 bits per heavy atom. The van der Waals surface area contributed by atoms with Crippen LogP contribution < -0.4 is 11.5 Å². The van der Waals surface area contributed by atoms with E-state index < -0.39 is 0 Å². The summed E-state index contributed by atoms with van der Waals surface area (Å²) in [6.07, 6.45) is 1.65. The summed E-state index contributed by atoms with van der Waals surface area (Å²) in [5.41, 5.74) is 11.4. The fraction of sp³-hybridized carbons (Fsp3) is 0.857. The second-order valence-electron chi connectivity index (χ2n) is 3.41. The predicted molar refractivity (Wildman–Crippen MR) is 37.2 cm³/mol. The van der Waals surface area contributed by atoms with Crippen molar-refractivity contribution in [2.24, 2.45) is 23.3 Å². The number of rotatable bonds is 0. The van der Waals surface area contributed by atoms with Crippen LogP contribution in [-0.4, -0.2) is 17.9 Å². The van der Waals surface area contributed by atoms with Crippen molar-refractivity contribution >= 4 is 5.78 Å².